The Morgan fingerprint density at radius 1 is 1.21 bits per heavy atom. The molecule has 106 valence electrons. The molecule has 0 radical (unpaired) electrons. The summed E-state index contributed by atoms with van der Waals surface area (Å²) in [5.41, 5.74) is 9.24. The lowest BCUT2D eigenvalue weighted by molar-refractivity contribution is 0.320. The van der Waals surface area contributed by atoms with Crippen LogP contribution in [-0.4, -0.2) is 23.3 Å². The number of nitrogens with two attached hydrogens (primary N) is 1. The zero-order chi connectivity index (χ0) is 14.0. The summed E-state index contributed by atoms with van der Waals surface area (Å²) >= 11 is 0. The first-order chi connectivity index (χ1) is 9.06. The van der Waals surface area contributed by atoms with Gasteiger partial charge in [-0.25, -0.2) is 0 Å². The highest BCUT2D eigenvalue weighted by Crippen LogP contribution is 2.31. The lowest BCUT2D eigenvalue weighted by Gasteiger charge is -2.37. The van der Waals surface area contributed by atoms with Crippen LogP contribution in [0.4, 0.5) is 5.82 Å². The largest absolute Gasteiger partial charge is 0.355 e. The highest BCUT2D eigenvalue weighted by molar-refractivity contribution is 5.51. The van der Waals surface area contributed by atoms with E-state index in [1.807, 2.05) is 6.92 Å². The normalized spacial score (nSPS) is 23.4. The van der Waals surface area contributed by atoms with Gasteiger partial charge in [0.25, 0.3) is 0 Å². The van der Waals surface area contributed by atoms with Gasteiger partial charge in [-0.15, -0.1) is 5.10 Å². The molecule has 2 unspecified atom stereocenters. The van der Waals surface area contributed by atoms with Gasteiger partial charge < -0.3 is 10.6 Å². The van der Waals surface area contributed by atoms with Crippen LogP contribution in [0, 0.1) is 19.8 Å². The van der Waals surface area contributed by atoms with E-state index in [-0.39, 0.29) is 0 Å². The van der Waals surface area contributed by atoms with Crippen LogP contribution < -0.4 is 10.6 Å². The molecule has 2 rings (SSSR count). The Hall–Kier alpha value is -1.16. The van der Waals surface area contributed by atoms with Gasteiger partial charge in [0.05, 0.1) is 5.69 Å². The van der Waals surface area contributed by atoms with Gasteiger partial charge in [-0.3, -0.25) is 0 Å². The first-order valence-corrected chi connectivity index (χ1v) is 7.32. The molecule has 4 heteroatoms. The summed E-state index contributed by atoms with van der Waals surface area (Å²) in [4.78, 5) is 2.31. The third-order valence-corrected chi connectivity index (χ3v) is 4.66. The summed E-state index contributed by atoms with van der Waals surface area (Å²) in [6.45, 7) is 6.96. The molecule has 0 spiro atoms. The van der Waals surface area contributed by atoms with E-state index in [2.05, 4.69) is 36.0 Å². The van der Waals surface area contributed by atoms with Crippen molar-refractivity contribution < 1.29 is 0 Å². The number of hydrogen-bond donors (Lipinski definition) is 1. The first kappa shape index (κ1) is 14.3. The van der Waals surface area contributed by atoms with Gasteiger partial charge in [0.15, 0.2) is 5.82 Å². The van der Waals surface area contributed by atoms with Crippen LogP contribution in [0.15, 0.2) is 0 Å². The second kappa shape index (κ2) is 5.87. The third-order valence-electron chi connectivity index (χ3n) is 4.66. The highest BCUT2D eigenvalue weighted by atomic mass is 15.3. The molecule has 1 fully saturated rings. The van der Waals surface area contributed by atoms with Crippen LogP contribution in [0.5, 0.6) is 0 Å². The zero-order valence-corrected chi connectivity index (χ0v) is 12.6. The Morgan fingerprint density at radius 2 is 1.89 bits per heavy atom. The van der Waals surface area contributed by atoms with Crippen LogP contribution in [0.3, 0.4) is 0 Å². The molecule has 0 amide bonds. The SMILES string of the molecule is Cc1nnc(N(C)C2CCCCC2C)c(CN)c1C. The minimum absolute atomic E-state index is 0.531. The van der Waals surface area contributed by atoms with Crippen molar-refractivity contribution in [2.75, 3.05) is 11.9 Å². The van der Waals surface area contributed by atoms with Crippen LogP contribution in [0.2, 0.25) is 0 Å². The fourth-order valence-electron chi connectivity index (χ4n) is 3.20. The lowest BCUT2D eigenvalue weighted by atomic mass is 9.85. The third kappa shape index (κ3) is 2.73. The molecule has 4 nitrogen and oxygen atoms in total. The molecular weight excluding hydrogens is 236 g/mol. The summed E-state index contributed by atoms with van der Waals surface area (Å²) in [5.74, 6) is 1.69. The van der Waals surface area contributed by atoms with Crippen molar-refractivity contribution in [1.29, 1.82) is 0 Å². The van der Waals surface area contributed by atoms with Crippen molar-refractivity contribution in [3.63, 3.8) is 0 Å². The van der Waals surface area contributed by atoms with Gasteiger partial charge in [0.2, 0.25) is 0 Å². The number of rotatable bonds is 3. The maximum absolute atomic E-state index is 5.93. The minimum Gasteiger partial charge on any atom is -0.355 e. The molecule has 1 heterocycles. The number of hydrogen-bond acceptors (Lipinski definition) is 4. The maximum atomic E-state index is 5.93. The predicted octanol–water partition coefficient (Wildman–Crippen LogP) is 2.57. The molecule has 1 aliphatic rings. The molecule has 1 aromatic rings. The van der Waals surface area contributed by atoms with E-state index in [1.54, 1.807) is 0 Å². The van der Waals surface area contributed by atoms with Crippen molar-refractivity contribution in [2.45, 2.75) is 59.0 Å². The van der Waals surface area contributed by atoms with E-state index in [1.165, 1.54) is 31.2 Å². The Morgan fingerprint density at radius 3 is 2.53 bits per heavy atom. The molecule has 1 aliphatic carbocycles. The van der Waals surface area contributed by atoms with Crippen molar-refractivity contribution >= 4 is 5.82 Å². The van der Waals surface area contributed by atoms with Gasteiger partial charge in [-0.1, -0.05) is 19.8 Å². The number of nitrogens with zero attached hydrogens (tertiary/aromatic N) is 3. The first-order valence-electron chi connectivity index (χ1n) is 7.32. The standard InChI is InChI=1S/C15H26N4/c1-10-7-5-6-8-14(10)19(4)15-13(9-16)11(2)12(3)17-18-15/h10,14H,5-9,16H2,1-4H3. The van der Waals surface area contributed by atoms with Crippen LogP contribution >= 0.6 is 0 Å². The Bertz CT molecular complexity index is 444. The minimum atomic E-state index is 0.531. The van der Waals surface area contributed by atoms with Gasteiger partial charge in [-0.05, 0) is 38.2 Å². The molecule has 2 N–H and O–H groups in total. The molecular formula is C15H26N4. The average Bonchev–Trinajstić information content (AvgIpc) is 2.41. The fraction of sp³-hybridized carbons (Fsp3) is 0.733. The van der Waals surface area contributed by atoms with E-state index in [4.69, 9.17) is 5.73 Å². The lowest BCUT2D eigenvalue weighted by Crippen LogP contribution is -2.40. The molecule has 0 aromatic carbocycles. The highest BCUT2D eigenvalue weighted by Gasteiger charge is 2.27. The van der Waals surface area contributed by atoms with Crippen LogP contribution in [0.1, 0.15) is 49.4 Å². The van der Waals surface area contributed by atoms with Crippen molar-refractivity contribution in [1.82, 2.24) is 10.2 Å². The number of anilines is 1. The number of aromatic nitrogens is 2. The Labute approximate surface area is 116 Å². The van der Waals surface area contributed by atoms with Crippen molar-refractivity contribution in [3.05, 3.63) is 16.8 Å². The smallest absolute Gasteiger partial charge is 0.156 e. The summed E-state index contributed by atoms with van der Waals surface area (Å²) in [6, 6.07) is 0.565. The van der Waals surface area contributed by atoms with Crippen molar-refractivity contribution in [3.8, 4) is 0 Å². The predicted molar refractivity (Wildman–Crippen MR) is 79.2 cm³/mol. The molecule has 1 saturated carbocycles. The van der Waals surface area contributed by atoms with E-state index in [0.717, 1.165) is 17.1 Å². The topological polar surface area (TPSA) is 55.0 Å². The average molecular weight is 262 g/mol. The van der Waals surface area contributed by atoms with Crippen molar-refractivity contribution in [2.24, 2.45) is 11.7 Å². The molecule has 0 aliphatic heterocycles. The second-order valence-electron chi connectivity index (χ2n) is 5.86. The quantitative estimate of drug-likeness (QED) is 0.909. The van der Waals surface area contributed by atoms with E-state index in [9.17, 15) is 0 Å². The second-order valence-corrected chi connectivity index (χ2v) is 5.86. The summed E-state index contributed by atoms with van der Waals surface area (Å²) in [7, 11) is 2.14. The van der Waals surface area contributed by atoms with Crippen LogP contribution in [-0.2, 0) is 6.54 Å². The monoisotopic (exact) mass is 262 g/mol. The van der Waals surface area contributed by atoms with E-state index >= 15 is 0 Å². The summed E-state index contributed by atoms with van der Waals surface area (Å²) in [5, 5.41) is 8.70. The fourth-order valence-corrected chi connectivity index (χ4v) is 3.20. The summed E-state index contributed by atoms with van der Waals surface area (Å²) < 4.78 is 0. The van der Waals surface area contributed by atoms with E-state index < -0.39 is 0 Å². The van der Waals surface area contributed by atoms with Gasteiger partial charge in [0, 0.05) is 25.2 Å². The number of aryl methyl sites for hydroxylation is 1. The molecule has 19 heavy (non-hydrogen) atoms. The van der Waals surface area contributed by atoms with Gasteiger partial charge in [0.1, 0.15) is 0 Å². The Balaban J connectivity index is 2.32. The zero-order valence-electron chi connectivity index (χ0n) is 12.6. The van der Waals surface area contributed by atoms with Crippen LogP contribution in [0.25, 0.3) is 0 Å². The molecule has 0 saturated heterocycles. The van der Waals surface area contributed by atoms with Gasteiger partial charge >= 0.3 is 0 Å². The Kier molecular flexibility index (Phi) is 4.40. The summed E-state index contributed by atoms with van der Waals surface area (Å²) in [6.07, 6.45) is 5.23. The maximum Gasteiger partial charge on any atom is 0.156 e. The van der Waals surface area contributed by atoms with Gasteiger partial charge in [-0.2, -0.15) is 5.10 Å². The molecule has 1 aromatic heterocycles. The van der Waals surface area contributed by atoms with E-state index in [0.29, 0.717) is 18.5 Å². The molecule has 2 atom stereocenters. The molecule has 0 bridgehead atoms.